The average molecular weight is 275 g/mol. The number of rotatable bonds is 1. The number of pyridine rings is 1. The smallest absolute Gasteiger partial charge is 0.257 e. The summed E-state index contributed by atoms with van der Waals surface area (Å²) in [6.07, 6.45) is 1.60. The molecule has 0 unspecified atom stereocenters. The number of amides is 1. The third-order valence-electron chi connectivity index (χ3n) is 3.63. The second-order valence-corrected chi connectivity index (χ2v) is 5.30. The molecule has 20 heavy (non-hydrogen) atoms. The van der Waals surface area contributed by atoms with Crippen LogP contribution in [-0.2, 0) is 4.74 Å². The second kappa shape index (κ2) is 4.86. The second-order valence-electron chi connectivity index (χ2n) is 5.30. The van der Waals surface area contributed by atoms with Gasteiger partial charge in [-0.1, -0.05) is 5.16 Å². The van der Waals surface area contributed by atoms with Gasteiger partial charge in [-0.3, -0.25) is 4.79 Å². The van der Waals surface area contributed by atoms with Crippen molar-refractivity contribution in [1.29, 1.82) is 0 Å². The molecule has 0 bridgehead atoms. The number of carbonyl (C=O) groups excluding carboxylic acids is 1. The van der Waals surface area contributed by atoms with Crippen LogP contribution < -0.4 is 0 Å². The van der Waals surface area contributed by atoms with E-state index >= 15 is 0 Å². The molecule has 0 N–H and O–H groups in total. The highest BCUT2D eigenvalue weighted by Crippen LogP contribution is 2.20. The van der Waals surface area contributed by atoms with Gasteiger partial charge in [0.05, 0.1) is 35.4 Å². The van der Waals surface area contributed by atoms with Gasteiger partial charge in [-0.25, -0.2) is 4.98 Å². The molecule has 2 atom stereocenters. The zero-order valence-electron chi connectivity index (χ0n) is 11.8. The minimum Gasteiger partial charge on any atom is -0.375 e. The van der Waals surface area contributed by atoms with Crippen molar-refractivity contribution < 1.29 is 14.1 Å². The molecule has 0 spiro atoms. The number of fused-ring (bicyclic) bond motifs is 1. The molecule has 1 saturated heterocycles. The Hall–Kier alpha value is -1.95. The first-order valence-electron chi connectivity index (χ1n) is 6.71. The van der Waals surface area contributed by atoms with E-state index in [-0.39, 0.29) is 18.1 Å². The first-order chi connectivity index (χ1) is 9.56. The fraction of sp³-hybridized carbons (Fsp3) is 0.500. The van der Waals surface area contributed by atoms with E-state index in [1.165, 1.54) is 0 Å². The average Bonchev–Trinajstić information content (AvgIpc) is 2.82. The SMILES string of the molecule is Cc1noc2ncc(C(=O)N3C[C@H](C)OC[C@H]3C)cc12. The molecule has 0 radical (unpaired) electrons. The number of ether oxygens (including phenoxy) is 1. The Morgan fingerprint density at radius 2 is 2.25 bits per heavy atom. The maximum Gasteiger partial charge on any atom is 0.257 e. The molecule has 6 heteroatoms. The van der Waals surface area contributed by atoms with Gasteiger partial charge in [0, 0.05) is 12.7 Å². The van der Waals surface area contributed by atoms with Crippen LogP contribution in [0.25, 0.3) is 11.1 Å². The predicted molar refractivity (Wildman–Crippen MR) is 72.5 cm³/mol. The molecule has 1 aliphatic rings. The van der Waals surface area contributed by atoms with Gasteiger partial charge >= 0.3 is 0 Å². The van der Waals surface area contributed by atoms with E-state index in [0.29, 0.717) is 24.4 Å². The molecule has 1 amide bonds. The van der Waals surface area contributed by atoms with Crippen LogP contribution in [-0.4, -0.2) is 46.2 Å². The number of hydrogen-bond donors (Lipinski definition) is 0. The van der Waals surface area contributed by atoms with Crippen LogP contribution in [0.3, 0.4) is 0 Å². The Morgan fingerprint density at radius 1 is 1.45 bits per heavy atom. The molecule has 0 aromatic carbocycles. The van der Waals surface area contributed by atoms with Gasteiger partial charge in [0.1, 0.15) is 0 Å². The summed E-state index contributed by atoms with van der Waals surface area (Å²) in [7, 11) is 0. The van der Waals surface area contributed by atoms with Crippen molar-refractivity contribution in [2.45, 2.75) is 32.9 Å². The fourth-order valence-electron chi connectivity index (χ4n) is 2.41. The summed E-state index contributed by atoms with van der Waals surface area (Å²) in [5.41, 5.74) is 1.76. The van der Waals surface area contributed by atoms with Crippen molar-refractivity contribution in [3.8, 4) is 0 Å². The highest BCUT2D eigenvalue weighted by atomic mass is 16.5. The Balaban J connectivity index is 1.93. The van der Waals surface area contributed by atoms with Crippen LogP contribution >= 0.6 is 0 Å². The van der Waals surface area contributed by atoms with E-state index in [9.17, 15) is 4.79 Å². The molecule has 0 saturated carbocycles. The molecule has 0 aliphatic carbocycles. The van der Waals surface area contributed by atoms with Crippen LogP contribution in [0.15, 0.2) is 16.8 Å². The van der Waals surface area contributed by atoms with Crippen LogP contribution in [0.5, 0.6) is 0 Å². The van der Waals surface area contributed by atoms with Crippen LogP contribution in [0.2, 0.25) is 0 Å². The number of nitrogens with zero attached hydrogens (tertiary/aromatic N) is 3. The Kier molecular flexibility index (Phi) is 3.17. The van der Waals surface area contributed by atoms with E-state index in [1.54, 1.807) is 12.3 Å². The topological polar surface area (TPSA) is 68.5 Å². The molecule has 2 aromatic rings. The van der Waals surface area contributed by atoms with Crippen molar-refractivity contribution in [1.82, 2.24) is 15.0 Å². The zero-order valence-corrected chi connectivity index (χ0v) is 11.8. The van der Waals surface area contributed by atoms with Gasteiger partial charge in [0.15, 0.2) is 0 Å². The zero-order chi connectivity index (χ0) is 14.3. The first kappa shape index (κ1) is 13.1. The normalized spacial score (nSPS) is 23.2. The standard InChI is InChI=1S/C14H17N3O3/c1-8-7-19-9(2)6-17(8)14(18)11-4-12-10(3)16-20-13(12)15-5-11/h4-5,8-9H,6-7H2,1-3H3/t8-,9+/m1/s1. The van der Waals surface area contributed by atoms with E-state index in [1.807, 2.05) is 25.7 Å². The summed E-state index contributed by atoms with van der Waals surface area (Å²) in [6.45, 7) is 6.95. The fourth-order valence-corrected chi connectivity index (χ4v) is 2.41. The van der Waals surface area contributed by atoms with Gasteiger partial charge < -0.3 is 14.2 Å². The number of aromatic nitrogens is 2. The number of carbonyl (C=O) groups is 1. The van der Waals surface area contributed by atoms with Gasteiger partial charge in [-0.05, 0) is 26.8 Å². The highest BCUT2D eigenvalue weighted by molar-refractivity contribution is 5.97. The van der Waals surface area contributed by atoms with Crippen molar-refractivity contribution in [2.24, 2.45) is 0 Å². The molecule has 106 valence electrons. The Labute approximate surface area is 116 Å². The summed E-state index contributed by atoms with van der Waals surface area (Å²) >= 11 is 0. The van der Waals surface area contributed by atoms with Crippen molar-refractivity contribution in [3.63, 3.8) is 0 Å². The Morgan fingerprint density at radius 3 is 3.05 bits per heavy atom. The lowest BCUT2D eigenvalue weighted by molar-refractivity contribution is -0.0387. The van der Waals surface area contributed by atoms with Crippen molar-refractivity contribution in [3.05, 3.63) is 23.5 Å². The number of morpholine rings is 1. The van der Waals surface area contributed by atoms with Gasteiger partial charge in [0.25, 0.3) is 11.6 Å². The van der Waals surface area contributed by atoms with E-state index in [2.05, 4.69) is 10.1 Å². The van der Waals surface area contributed by atoms with Crippen LogP contribution in [0.4, 0.5) is 0 Å². The quantitative estimate of drug-likeness (QED) is 0.793. The number of hydrogen-bond acceptors (Lipinski definition) is 5. The third-order valence-corrected chi connectivity index (χ3v) is 3.63. The molecule has 3 heterocycles. The molecule has 1 fully saturated rings. The molecule has 1 aliphatic heterocycles. The first-order valence-corrected chi connectivity index (χ1v) is 6.71. The minimum absolute atomic E-state index is 0.0253. The monoisotopic (exact) mass is 275 g/mol. The largest absolute Gasteiger partial charge is 0.375 e. The van der Waals surface area contributed by atoms with Crippen LogP contribution in [0.1, 0.15) is 29.9 Å². The summed E-state index contributed by atoms with van der Waals surface area (Å²) < 4.78 is 10.6. The van der Waals surface area contributed by atoms with Gasteiger partial charge in [0.2, 0.25) is 0 Å². The maximum absolute atomic E-state index is 12.6. The van der Waals surface area contributed by atoms with Crippen molar-refractivity contribution >= 4 is 17.0 Å². The predicted octanol–water partition coefficient (Wildman–Crippen LogP) is 1.78. The lowest BCUT2D eigenvalue weighted by Gasteiger charge is -2.36. The van der Waals surface area contributed by atoms with Crippen LogP contribution in [0, 0.1) is 6.92 Å². The molecular weight excluding hydrogens is 258 g/mol. The summed E-state index contributed by atoms with van der Waals surface area (Å²) in [4.78, 5) is 18.6. The molecule has 2 aromatic heterocycles. The van der Waals surface area contributed by atoms with Crippen molar-refractivity contribution in [2.75, 3.05) is 13.2 Å². The Bertz CT molecular complexity index is 652. The molecule has 3 rings (SSSR count). The molecular formula is C14H17N3O3. The lowest BCUT2D eigenvalue weighted by atomic mass is 10.1. The molecule has 6 nitrogen and oxygen atoms in total. The van der Waals surface area contributed by atoms with Gasteiger partial charge in [-0.2, -0.15) is 0 Å². The maximum atomic E-state index is 12.6. The van der Waals surface area contributed by atoms with E-state index in [4.69, 9.17) is 9.26 Å². The lowest BCUT2D eigenvalue weighted by Crippen LogP contribution is -2.50. The minimum atomic E-state index is -0.0253. The summed E-state index contributed by atoms with van der Waals surface area (Å²) in [5, 5.41) is 4.64. The van der Waals surface area contributed by atoms with E-state index < -0.39 is 0 Å². The van der Waals surface area contributed by atoms with Gasteiger partial charge in [-0.15, -0.1) is 0 Å². The summed E-state index contributed by atoms with van der Waals surface area (Å²) in [6, 6.07) is 1.86. The third kappa shape index (κ3) is 2.16. The highest BCUT2D eigenvalue weighted by Gasteiger charge is 2.28. The van der Waals surface area contributed by atoms with E-state index in [0.717, 1.165) is 11.1 Å². The number of aryl methyl sites for hydroxylation is 1. The summed E-state index contributed by atoms with van der Waals surface area (Å²) in [5.74, 6) is -0.0253.